The lowest BCUT2D eigenvalue weighted by Gasteiger charge is -2.35. The summed E-state index contributed by atoms with van der Waals surface area (Å²) in [6.07, 6.45) is 5.20. The Balaban J connectivity index is 1.91. The monoisotopic (exact) mass is 254 g/mol. The van der Waals surface area contributed by atoms with Crippen LogP contribution in [-0.4, -0.2) is 31.7 Å². The van der Waals surface area contributed by atoms with E-state index in [-0.39, 0.29) is 16.9 Å². The number of hydrogen-bond donors (Lipinski definition) is 1. The minimum absolute atomic E-state index is 0.0413. The lowest BCUT2D eigenvalue weighted by molar-refractivity contribution is -0.0311. The summed E-state index contributed by atoms with van der Waals surface area (Å²) in [6.45, 7) is 7.91. The van der Waals surface area contributed by atoms with Crippen molar-refractivity contribution in [2.24, 2.45) is 16.7 Å². The van der Waals surface area contributed by atoms with Gasteiger partial charge in [0.25, 0.3) is 0 Å². The van der Waals surface area contributed by atoms with Gasteiger partial charge in [-0.3, -0.25) is 0 Å². The molecule has 0 aromatic rings. The smallest absolute Gasteiger partial charge is 0.146 e. The van der Waals surface area contributed by atoms with Gasteiger partial charge >= 0.3 is 0 Å². The lowest BCUT2D eigenvalue weighted by atomic mass is 9.69. The molecule has 104 valence electrons. The van der Waals surface area contributed by atoms with Crippen molar-refractivity contribution in [1.29, 1.82) is 0 Å². The SMILES string of the molecule is COCOCCCC1=C[C@]2(C)[C@H](O)C[C@H]1C2(C)C. The minimum Gasteiger partial charge on any atom is -0.392 e. The topological polar surface area (TPSA) is 38.7 Å². The standard InChI is InChI=1S/C15H26O3/c1-14(2)12-8-13(16)15(14,3)9-11(12)6-5-7-18-10-17-4/h9,12-13,16H,5-8,10H2,1-4H3/t12-,13-,15-/m1/s1. The molecule has 3 atom stereocenters. The maximum Gasteiger partial charge on any atom is 0.146 e. The van der Waals surface area contributed by atoms with Gasteiger partial charge in [0.15, 0.2) is 0 Å². The van der Waals surface area contributed by atoms with Crippen LogP contribution in [0.25, 0.3) is 0 Å². The number of methoxy groups -OCH3 is 1. The minimum atomic E-state index is -0.175. The van der Waals surface area contributed by atoms with Crippen molar-refractivity contribution in [3.63, 3.8) is 0 Å². The normalized spacial score (nSPS) is 37.1. The van der Waals surface area contributed by atoms with E-state index in [4.69, 9.17) is 9.47 Å². The molecule has 3 nitrogen and oxygen atoms in total. The van der Waals surface area contributed by atoms with E-state index in [1.165, 1.54) is 5.57 Å². The predicted molar refractivity (Wildman–Crippen MR) is 71.1 cm³/mol. The summed E-state index contributed by atoms with van der Waals surface area (Å²) in [5, 5.41) is 10.2. The molecule has 0 amide bonds. The molecule has 1 saturated carbocycles. The van der Waals surface area contributed by atoms with E-state index in [9.17, 15) is 5.11 Å². The van der Waals surface area contributed by atoms with E-state index in [1.807, 2.05) is 0 Å². The van der Waals surface area contributed by atoms with E-state index in [0.29, 0.717) is 12.7 Å². The van der Waals surface area contributed by atoms with Crippen molar-refractivity contribution >= 4 is 0 Å². The Morgan fingerprint density at radius 3 is 2.61 bits per heavy atom. The number of ether oxygens (including phenoxy) is 2. The molecule has 1 N–H and O–H groups in total. The van der Waals surface area contributed by atoms with Gasteiger partial charge in [-0.25, -0.2) is 0 Å². The van der Waals surface area contributed by atoms with Gasteiger partial charge in [0.1, 0.15) is 6.79 Å². The van der Waals surface area contributed by atoms with Crippen molar-refractivity contribution < 1.29 is 14.6 Å². The van der Waals surface area contributed by atoms with Gasteiger partial charge in [0.2, 0.25) is 0 Å². The molecule has 2 bridgehead atoms. The van der Waals surface area contributed by atoms with Gasteiger partial charge in [0.05, 0.1) is 6.10 Å². The molecule has 0 spiro atoms. The highest BCUT2D eigenvalue weighted by Crippen LogP contribution is 2.64. The molecule has 2 rings (SSSR count). The van der Waals surface area contributed by atoms with E-state index in [2.05, 4.69) is 26.8 Å². The number of aliphatic hydroxyl groups is 1. The molecule has 0 heterocycles. The van der Waals surface area contributed by atoms with Crippen LogP contribution in [0.15, 0.2) is 11.6 Å². The number of allylic oxidation sites excluding steroid dienone is 1. The Morgan fingerprint density at radius 1 is 1.39 bits per heavy atom. The van der Waals surface area contributed by atoms with Crippen molar-refractivity contribution in [3.05, 3.63) is 11.6 Å². The first-order valence-electron chi connectivity index (χ1n) is 6.90. The van der Waals surface area contributed by atoms with Crippen molar-refractivity contribution in [3.8, 4) is 0 Å². The molecular formula is C15H26O3. The van der Waals surface area contributed by atoms with Crippen LogP contribution in [0.5, 0.6) is 0 Å². The fourth-order valence-corrected chi connectivity index (χ4v) is 3.72. The highest BCUT2D eigenvalue weighted by Gasteiger charge is 2.60. The second-order valence-electron chi connectivity index (χ2n) is 6.45. The highest BCUT2D eigenvalue weighted by atomic mass is 16.7. The van der Waals surface area contributed by atoms with Crippen LogP contribution in [0.2, 0.25) is 0 Å². The number of aliphatic hydroxyl groups excluding tert-OH is 1. The zero-order chi connectivity index (χ0) is 13.4. The van der Waals surface area contributed by atoms with Gasteiger partial charge in [-0.15, -0.1) is 0 Å². The van der Waals surface area contributed by atoms with Gasteiger partial charge in [-0.05, 0) is 30.6 Å². The van der Waals surface area contributed by atoms with E-state index < -0.39 is 0 Å². The summed E-state index contributed by atoms with van der Waals surface area (Å²) in [5.74, 6) is 0.542. The summed E-state index contributed by atoms with van der Waals surface area (Å²) in [4.78, 5) is 0. The molecule has 1 fully saturated rings. The second kappa shape index (κ2) is 4.95. The van der Waals surface area contributed by atoms with Crippen LogP contribution in [-0.2, 0) is 9.47 Å². The second-order valence-corrected chi connectivity index (χ2v) is 6.45. The van der Waals surface area contributed by atoms with Gasteiger partial charge in [0, 0.05) is 19.1 Å². The number of hydrogen-bond acceptors (Lipinski definition) is 3. The molecule has 18 heavy (non-hydrogen) atoms. The zero-order valence-corrected chi connectivity index (χ0v) is 12.0. The fourth-order valence-electron chi connectivity index (χ4n) is 3.72. The summed E-state index contributed by atoms with van der Waals surface area (Å²) < 4.78 is 10.2. The molecule has 3 heteroatoms. The Morgan fingerprint density at radius 2 is 2.11 bits per heavy atom. The van der Waals surface area contributed by atoms with Crippen LogP contribution in [0.1, 0.15) is 40.0 Å². The number of rotatable bonds is 6. The predicted octanol–water partition coefficient (Wildman–Crippen LogP) is 2.74. The zero-order valence-electron chi connectivity index (χ0n) is 12.0. The van der Waals surface area contributed by atoms with E-state index in [0.717, 1.165) is 25.9 Å². The Hall–Kier alpha value is -0.380. The summed E-state index contributed by atoms with van der Waals surface area (Å²) in [5.41, 5.74) is 1.67. The lowest BCUT2D eigenvalue weighted by Crippen LogP contribution is -2.34. The molecular weight excluding hydrogens is 228 g/mol. The van der Waals surface area contributed by atoms with E-state index >= 15 is 0 Å². The average Bonchev–Trinajstić information content (AvgIpc) is 2.60. The first kappa shape index (κ1) is 14.0. The molecule has 0 saturated heterocycles. The maximum absolute atomic E-state index is 10.2. The van der Waals surface area contributed by atoms with Gasteiger partial charge in [-0.1, -0.05) is 32.4 Å². The molecule has 0 aromatic heterocycles. The van der Waals surface area contributed by atoms with Crippen molar-refractivity contribution in [2.75, 3.05) is 20.5 Å². The van der Waals surface area contributed by atoms with Crippen LogP contribution < -0.4 is 0 Å². The van der Waals surface area contributed by atoms with Crippen LogP contribution in [0.4, 0.5) is 0 Å². The fraction of sp³-hybridized carbons (Fsp3) is 0.867. The van der Waals surface area contributed by atoms with Crippen LogP contribution in [0.3, 0.4) is 0 Å². The molecule has 2 aliphatic rings. The third-order valence-electron chi connectivity index (χ3n) is 5.30. The summed E-state index contributed by atoms with van der Waals surface area (Å²) >= 11 is 0. The van der Waals surface area contributed by atoms with Crippen molar-refractivity contribution in [2.45, 2.75) is 46.1 Å². The molecule has 0 aliphatic heterocycles. The summed E-state index contributed by atoms with van der Waals surface area (Å²) in [7, 11) is 1.64. The number of fused-ring (bicyclic) bond motifs is 2. The third kappa shape index (κ3) is 2.02. The van der Waals surface area contributed by atoms with Crippen molar-refractivity contribution in [1.82, 2.24) is 0 Å². The molecule has 0 aromatic carbocycles. The van der Waals surface area contributed by atoms with Gasteiger partial charge < -0.3 is 14.6 Å². The first-order valence-corrected chi connectivity index (χ1v) is 6.90. The Labute approximate surface area is 110 Å². The quantitative estimate of drug-likeness (QED) is 0.450. The van der Waals surface area contributed by atoms with E-state index in [1.54, 1.807) is 7.11 Å². The molecule has 0 unspecified atom stereocenters. The average molecular weight is 254 g/mol. The first-order chi connectivity index (χ1) is 8.43. The van der Waals surface area contributed by atoms with Gasteiger partial charge in [-0.2, -0.15) is 0 Å². The van der Waals surface area contributed by atoms with Crippen LogP contribution in [0, 0.1) is 16.7 Å². The third-order valence-corrected chi connectivity index (χ3v) is 5.30. The summed E-state index contributed by atoms with van der Waals surface area (Å²) in [6, 6.07) is 0. The maximum atomic E-state index is 10.2. The highest BCUT2D eigenvalue weighted by molar-refractivity contribution is 5.33. The Bertz CT molecular complexity index is 335. The molecule has 0 radical (unpaired) electrons. The largest absolute Gasteiger partial charge is 0.392 e. The van der Waals surface area contributed by atoms with Crippen LogP contribution >= 0.6 is 0 Å². The molecule has 2 aliphatic carbocycles. The Kier molecular flexibility index (Phi) is 3.86.